The first-order valence-corrected chi connectivity index (χ1v) is 7.87. The van der Waals surface area contributed by atoms with Gasteiger partial charge in [0.25, 0.3) is 0 Å². The van der Waals surface area contributed by atoms with Crippen LogP contribution in [0.4, 0.5) is 5.69 Å². The Labute approximate surface area is 115 Å². The maximum Gasteiger partial charge on any atom is 0.232 e. The largest absolute Gasteiger partial charge is 0.320 e. The van der Waals surface area contributed by atoms with Crippen molar-refractivity contribution in [1.29, 1.82) is 0 Å². The van der Waals surface area contributed by atoms with Crippen LogP contribution in [0.5, 0.6) is 0 Å². The van der Waals surface area contributed by atoms with Crippen molar-refractivity contribution in [3.8, 4) is 11.8 Å². The fraction of sp³-hybridized carbons (Fsp3) is 0.429. The topological polar surface area (TPSA) is 72.2 Å². The van der Waals surface area contributed by atoms with E-state index in [0.717, 1.165) is 5.56 Å². The van der Waals surface area contributed by atoms with E-state index >= 15 is 0 Å². The predicted octanol–water partition coefficient (Wildman–Crippen LogP) is 1.78. The zero-order chi connectivity index (χ0) is 14.3. The molecular formula is C14H20N2O2S. The molecule has 0 aromatic heterocycles. The van der Waals surface area contributed by atoms with Gasteiger partial charge in [-0.15, -0.1) is 0 Å². The number of benzene rings is 1. The number of rotatable bonds is 5. The second-order valence-electron chi connectivity index (χ2n) is 4.69. The molecule has 3 N–H and O–H groups in total. The molecule has 0 bridgehead atoms. The Morgan fingerprint density at radius 3 is 2.74 bits per heavy atom. The number of anilines is 1. The van der Waals surface area contributed by atoms with E-state index in [0.29, 0.717) is 18.0 Å². The number of nitrogens with one attached hydrogen (secondary N) is 1. The maximum absolute atomic E-state index is 11.9. The third kappa shape index (κ3) is 6.27. The Morgan fingerprint density at radius 2 is 2.11 bits per heavy atom. The van der Waals surface area contributed by atoms with E-state index in [-0.39, 0.29) is 12.3 Å². The van der Waals surface area contributed by atoms with Crippen molar-refractivity contribution >= 4 is 15.7 Å². The quantitative estimate of drug-likeness (QED) is 0.808. The molecule has 0 saturated heterocycles. The SMILES string of the molecule is CC(C)CCS(=O)(=O)Nc1cccc(C#CCN)c1. The van der Waals surface area contributed by atoms with Gasteiger partial charge in [0.15, 0.2) is 0 Å². The summed E-state index contributed by atoms with van der Waals surface area (Å²) in [4.78, 5) is 0. The summed E-state index contributed by atoms with van der Waals surface area (Å²) in [6.07, 6.45) is 0.641. The van der Waals surface area contributed by atoms with Crippen molar-refractivity contribution in [3.63, 3.8) is 0 Å². The van der Waals surface area contributed by atoms with Gasteiger partial charge in [-0.25, -0.2) is 8.42 Å². The third-order valence-electron chi connectivity index (χ3n) is 2.43. The number of sulfonamides is 1. The first-order chi connectivity index (χ1) is 8.93. The van der Waals surface area contributed by atoms with Crippen molar-refractivity contribution in [3.05, 3.63) is 29.8 Å². The molecule has 19 heavy (non-hydrogen) atoms. The first-order valence-electron chi connectivity index (χ1n) is 6.22. The highest BCUT2D eigenvalue weighted by Gasteiger charge is 2.11. The second-order valence-corrected chi connectivity index (χ2v) is 6.53. The molecule has 5 heteroatoms. The van der Waals surface area contributed by atoms with Crippen LogP contribution in [0.25, 0.3) is 0 Å². The summed E-state index contributed by atoms with van der Waals surface area (Å²) >= 11 is 0. The highest BCUT2D eigenvalue weighted by molar-refractivity contribution is 7.92. The summed E-state index contributed by atoms with van der Waals surface area (Å²) in [5.41, 5.74) is 6.58. The van der Waals surface area contributed by atoms with Gasteiger partial charge in [-0.05, 0) is 30.5 Å². The maximum atomic E-state index is 11.9. The minimum atomic E-state index is -3.29. The lowest BCUT2D eigenvalue weighted by atomic mass is 10.2. The molecule has 1 rings (SSSR count). The number of nitrogens with two attached hydrogens (primary N) is 1. The summed E-state index contributed by atoms with van der Waals surface area (Å²) < 4.78 is 26.3. The van der Waals surface area contributed by atoms with Crippen LogP contribution < -0.4 is 10.5 Å². The summed E-state index contributed by atoms with van der Waals surface area (Å²) in [5.74, 6) is 6.09. The molecule has 0 amide bonds. The molecule has 0 atom stereocenters. The monoisotopic (exact) mass is 280 g/mol. The van der Waals surface area contributed by atoms with Gasteiger partial charge in [-0.3, -0.25) is 4.72 Å². The summed E-state index contributed by atoms with van der Waals surface area (Å²) in [5, 5.41) is 0. The molecule has 0 unspecified atom stereocenters. The Hall–Kier alpha value is -1.51. The Kier molecular flexibility index (Phi) is 5.87. The van der Waals surface area contributed by atoms with Crippen LogP contribution in [0.3, 0.4) is 0 Å². The van der Waals surface area contributed by atoms with Crippen LogP contribution in [0.15, 0.2) is 24.3 Å². The van der Waals surface area contributed by atoms with Crippen molar-refractivity contribution in [2.75, 3.05) is 17.0 Å². The number of hydrogen-bond acceptors (Lipinski definition) is 3. The smallest absolute Gasteiger partial charge is 0.232 e. The lowest BCUT2D eigenvalue weighted by Crippen LogP contribution is -2.17. The molecule has 0 fully saturated rings. The van der Waals surface area contributed by atoms with E-state index in [9.17, 15) is 8.42 Å². The van der Waals surface area contributed by atoms with Crippen LogP contribution in [-0.4, -0.2) is 20.7 Å². The second kappa shape index (κ2) is 7.17. The lowest BCUT2D eigenvalue weighted by molar-refractivity contribution is 0.578. The minimum absolute atomic E-state index is 0.128. The summed E-state index contributed by atoms with van der Waals surface area (Å²) in [6.45, 7) is 4.28. The van der Waals surface area contributed by atoms with E-state index in [1.165, 1.54) is 0 Å². The van der Waals surface area contributed by atoms with Crippen LogP contribution in [0.2, 0.25) is 0 Å². The van der Waals surface area contributed by atoms with Crippen LogP contribution in [-0.2, 0) is 10.0 Å². The van der Waals surface area contributed by atoms with Gasteiger partial charge in [-0.2, -0.15) is 0 Å². The molecule has 0 spiro atoms. The molecule has 0 radical (unpaired) electrons. The predicted molar refractivity (Wildman–Crippen MR) is 79.2 cm³/mol. The molecule has 4 nitrogen and oxygen atoms in total. The molecule has 0 saturated carbocycles. The van der Waals surface area contributed by atoms with Crippen LogP contribution in [0, 0.1) is 17.8 Å². The highest BCUT2D eigenvalue weighted by atomic mass is 32.2. The fourth-order valence-electron chi connectivity index (χ4n) is 1.43. The third-order valence-corrected chi connectivity index (χ3v) is 3.75. The fourth-order valence-corrected chi connectivity index (χ4v) is 2.80. The molecule has 0 heterocycles. The van der Waals surface area contributed by atoms with Crippen molar-refractivity contribution in [2.45, 2.75) is 20.3 Å². The number of hydrogen-bond donors (Lipinski definition) is 2. The normalized spacial score (nSPS) is 10.9. The van der Waals surface area contributed by atoms with Gasteiger partial charge in [0.05, 0.1) is 12.3 Å². The van der Waals surface area contributed by atoms with Gasteiger partial charge < -0.3 is 5.73 Å². The van der Waals surface area contributed by atoms with Crippen LogP contribution >= 0.6 is 0 Å². The van der Waals surface area contributed by atoms with E-state index in [4.69, 9.17) is 5.73 Å². The van der Waals surface area contributed by atoms with E-state index < -0.39 is 10.0 Å². The minimum Gasteiger partial charge on any atom is -0.320 e. The molecule has 0 aliphatic heterocycles. The molecule has 104 valence electrons. The Bertz CT molecular complexity index is 569. The average molecular weight is 280 g/mol. The Balaban J connectivity index is 2.76. The van der Waals surface area contributed by atoms with Gasteiger partial charge in [0, 0.05) is 11.3 Å². The van der Waals surface area contributed by atoms with Crippen LogP contribution in [0.1, 0.15) is 25.8 Å². The van der Waals surface area contributed by atoms with E-state index in [1.54, 1.807) is 18.2 Å². The average Bonchev–Trinajstić information content (AvgIpc) is 2.34. The zero-order valence-electron chi connectivity index (χ0n) is 11.3. The summed E-state index contributed by atoms with van der Waals surface area (Å²) in [6, 6.07) is 6.99. The van der Waals surface area contributed by atoms with Gasteiger partial charge in [0.1, 0.15) is 0 Å². The highest BCUT2D eigenvalue weighted by Crippen LogP contribution is 2.13. The Morgan fingerprint density at radius 1 is 1.37 bits per heavy atom. The lowest BCUT2D eigenvalue weighted by Gasteiger charge is -2.09. The van der Waals surface area contributed by atoms with Crippen molar-refractivity contribution < 1.29 is 8.42 Å². The van der Waals surface area contributed by atoms with Gasteiger partial charge >= 0.3 is 0 Å². The molecule has 1 aromatic carbocycles. The molecule has 0 aliphatic carbocycles. The molecule has 0 aliphatic rings. The van der Waals surface area contributed by atoms with Crippen molar-refractivity contribution in [2.24, 2.45) is 11.7 Å². The standard InChI is InChI=1S/C14H20N2O2S/c1-12(2)8-10-19(17,18)16-14-7-3-5-13(11-14)6-4-9-15/h3,5,7,11-12,16H,8-10,15H2,1-2H3. The van der Waals surface area contributed by atoms with E-state index in [1.807, 2.05) is 19.9 Å². The molecular weight excluding hydrogens is 260 g/mol. The van der Waals surface area contributed by atoms with Crippen molar-refractivity contribution in [1.82, 2.24) is 0 Å². The van der Waals surface area contributed by atoms with Gasteiger partial charge in [0.2, 0.25) is 10.0 Å². The first kappa shape index (κ1) is 15.5. The van der Waals surface area contributed by atoms with Gasteiger partial charge in [-0.1, -0.05) is 31.8 Å². The molecule has 1 aromatic rings. The summed E-state index contributed by atoms with van der Waals surface area (Å²) in [7, 11) is -3.29. The van der Waals surface area contributed by atoms with E-state index in [2.05, 4.69) is 16.6 Å². The zero-order valence-corrected chi connectivity index (χ0v) is 12.1.